The van der Waals surface area contributed by atoms with Gasteiger partial charge in [0.15, 0.2) is 0 Å². The minimum atomic E-state index is -0.283. The van der Waals surface area contributed by atoms with E-state index < -0.39 is 0 Å². The van der Waals surface area contributed by atoms with Crippen molar-refractivity contribution in [2.24, 2.45) is 5.92 Å². The largest absolute Gasteiger partial charge is 0.399 e. The highest BCUT2D eigenvalue weighted by molar-refractivity contribution is 7.20. The Balaban J connectivity index is 1.75. The van der Waals surface area contributed by atoms with Crippen molar-refractivity contribution in [2.75, 3.05) is 18.8 Å². The molecule has 1 amide bonds. The van der Waals surface area contributed by atoms with Crippen molar-refractivity contribution in [1.82, 2.24) is 4.90 Å². The topological polar surface area (TPSA) is 66.6 Å². The molecule has 21 heavy (non-hydrogen) atoms. The molecule has 4 nitrogen and oxygen atoms in total. The molecule has 5 heteroatoms. The van der Waals surface area contributed by atoms with E-state index in [2.05, 4.69) is 0 Å². The molecule has 0 radical (unpaired) electrons. The molecule has 1 fully saturated rings. The lowest BCUT2D eigenvalue weighted by Gasteiger charge is -2.33. The molecule has 1 aromatic heterocycles. The van der Waals surface area contributed by atoms with Crippen molar-refractivity contribution < 1.29 is 9.90 Å². The van der Waals surface area contributed by atoms with Gasteiger partial charge < -0.3 is 15.7 Å². The molecule has 2 aromatic rings. The smallest absolute Gasteiger partial charge is 0.263 e. The summed E-state index contributed by atoms with van der Waals surface area (Å²) in [6, 6.07) is 7.66. The number of amides is 1. The van der Waals surface area contributed by atoms with Gasteiger partial charge in [-0.1, -0.05) is 0 Å². The highest BCUT2D eigenvalue weighted by Crippen LogP contribution is 2.29. The number of anilines is 1. The number of benzene rings is 1. The van der Waals surface area contributed by atoms with Crippen molar-refractivity contribution in [3.63, 3.8) is 0 Å². The Bertz CT molecular complexity index is 657. The summed E-state index contributed by atoms with van der Waals surface area (Å²) in [5.74, 6) is 0.412. The lowest BCUT2D eigenvalue weighted by atomic mass is 9.92. The average Bonchev–Trinajstić information content (AvgIpc) is 2.89. The number of aliphatic hydroxyl groups is 1. The summed E-state index contributed by atoms with van der Waals surface area (Å²) < 4.78 is 1.09. The van der Waals surface area contributed by atoms with Crippen LogP contribution in [0.3, 0.4) is 0 Å². The molecule has 1 aromatic carbocycles. The fraction of sp³-hybridized carbons (Fsp3) is 0.438. The molecule has 112 valence electrons. The molecule has 3 rings (SSSR count). The number of carbonyl (C=O) groups excluding carboxylic acids is 1. The first-order valence-corrected chi connectivity index (χ1v) is 8.12. The van der Waals surface area contributed by atoms with E-state index in [0.717, 1.165) is 46.6 Å². The van der Waals surface area contributed by atoms with E-state index in [-0.39, 0.29) is 12.0 Å². The normalized spacial score (nSPS) is 18.1. The quantitative estimate of drug-likeness (QED) is 0.838. The van der Waals surface area contributed by atoms with Gasteiger partial charge in [-0.2, -0.15) is 0 Å². The van der Waals surface area contributed by atoms with Gasteiger partial charge in [0.05, 0.1) is 11.0 Å². The van der Waals surface area contributed by atoms with Crippen LogP contribution < -0.4 is 5.73 Å². The first kappa shape index (κ1) is 14.4. The zero-order chi connectivity index (χ0) is 15.0. The lowest BCUT2D eigenvalue weighted by molar-refractivity contribution is 0.0525. The van der Waals surface area contributed by atoms with E-state index in [1.54, 1.807) is 0 Å². The molecule has 0 aliphatic carbocycles. The minimum absolute atomic E-state index is 0.0961. The van der Waals surface area contributed by atoms with Gasteiger partial charge in [-0.15, -0.1) is 11.3 Å². The van der Waals surface area contributed by atoms with Crippen molar-refractivity contribution in [1.29, 1.82) is 0 Å². The second-order valence-electron chi connectivity index (χ2n) is 5.78. The molecular formula is C16H20N2O2S. The van der Waals surface area contributed by atoms with E-state index in [1.807, 2.05) is 36.1 Å². The predicted molar refractivity (Wildman–Crippen MR) is 86.5 cm³/mol. The van der Waals surface area contributed by atoms with Gasteiger partial charge in [0.2, 0.25) is 0 Å². The molecule has 1 saturated heterocycles. The third-order valence-corrected chi connectivity index (χ3v) is 5.36. The number of hydrogen-bond donors (Lipinski definition) is 2. The number of hydrogen-bond acceptors (Lipinski definition) is 4. The Kier molecular flexibility index (Phi) is 3.87. The minimum Gasteiger partial charge on any atom is -0.399 e. The van der Waals surface area contributed by atoms with Gasteiger partial charge in [0, 0.05) is 23.5 Å². The maximum absolute atomic E-state index is 12.6. The van der Waals surface area contributed by atoms with Crippen LogP contribution in [0.15, 0.2) is 24.3 Å². The molecule has 3 N–H and O–H groups in total. The number of fused-ring (bicyclic) bond motifs is 1. The summed E-state index contributed by atoms with van der Waals surface area (Å²) in [7, 11) is 0. The maximum atomic E-state index is 12.6. The van der Waals surface area contributed by atoms with Crippen LogP contribution in [-0.2, 0) is 0 Å². The monoisotopic (exact) mass is 304 g/mol. The standard InChI is InChI=1S/C16H20N2O2S/c1-10(19)11-4-6-18(7-5-11)16(20)15-9-12-8-13(17)2-3-14(12)21-15/h2-3,8-11,19H,4-7,17H2,1H3. The van der Waals surface area contributed by atoms with Crippen LogP contribution in [0.25, 0.3) is 10.1 Å². The summed E-state index contributed by atoms with van der Waals surface area (Å²) in [6.45, 7) is 3.29. The molecule has 0 spiro atoms. The lowest BCUT2D eigenvalue weighted by Crippen LogP contribution is -2.40. The second kappa shape index (κ2) is 5.66. The van der Waals surface area contributed by atoms with Crippen LogP contribution in [0.1, 0.15) is 29.4 Å². The Morgan fingerprint density at radius 1 is 1.38 bits per heavy atom. The van der Waals surface area contributed by atoms with Crippen LogP contribution in [0, 0.1) is 5.92 Å². The van der Waals surface area contributed by atoms with Gasteiger partial charge in [0.25, 0.3) is 5.91 Å². The van der Waals surface area contributed by atoms with Gasteiger partial charge in [0.1, 0.15) is 0 Å². The molecule has 1 unspecified atom stereocenters. The third-order valence-electron chi connectivity index (χ3n) is 4.26. The fourth-order valence-electron chi connectivity index (χ4n) is 2.91. The summed E-state index contributed by atoms with van der Waals surface area (Å²) in [6.07, 6.45) is 1.47. The Hall–Kier alpha value is -1.59. The van der Waals surface area contributed by atoms with Crippen molar-refractivity contribution >= 4 is 33.0 Å². The van der Waals surface area contributed by atoms with Crippen LogP contribution in [0.4, 0.5) is 5.69 Å². The number of piperidine rings is 1. The van der Waals surface area contributed by atoms with Crippen LogP contribution in [0.2, 0.25) is 0 Å². The zero-order valence-electron chi connectivity index (χ0n) is 12.1. The number of aliphatic hydroxyl groups excluding tert-OH is 1. The van der Waals surface area contributed by atoms with Gasteiger partial charge in [-0.25, -0.2) is 0 Å². The van der Waals surface area contributed by atoms with Gasteiger partial charge in [-0.05, 0) is 55.3 Å². The van der Waals surface area contributed by atoms with E-state index in [9.17, 15) is 9.90 Å². The Labute approximate surface area is 128 Å². The number of nitrogens with two attached hydrogens (primary N) is 1. The first-order chi connectivity index (χ1) is 10.0. The zero-order valence-corrected chi connectivity index (χ0v) is 12.9. The summed E-state index contributed by atoms with van der Waals surface area (Å²) in [5, 5.41) is 10.7. The van der Waals surface area contributed by atoms with Crippen molar-refractivity contribution in [2.45, 2.75) is 25.9 Å². The van der Waals surface area contributed by atoms with E-state index >= 15 is 0 Å². The van der Waals surface area contributed by atoms with Gasteiger partial charge in [-0.3, -0.25) is 4.79 Å². The first-order valence-electron chi connectivity index (χ1n) is 7.31. The summed E-state index contributed by atoms with van der Waals surface area (Å²) in [4.78, 5) is 15.2. The van der Waals surface area contributed by atoms with Crippen LogP contribution >= 0.6 is 11.3 Å². The molecule has 2 heterocycles. The third kappa shape index (κ3) is 2.89. The second-order valence-corrected chi connectivity index (χ2v) is 6.86. The predicted octanol–water partition coefficient (Wildman–Crippen LogP) is 2.72. The molecule has 1 atom stereocenters. The molecule has 0 bridgehead atoms. The van der Waals surface area contributed by atoms with E-state index in [4.69, 9.17) is 5.73 Å². The Morgan fingerprint density at radius 2 is 2.10 bits per heavy atom. The van der Waals surface area contributed by atoms with Crippen LogP contribution in [-0.4, -0.2) is 35.1 Å². The summed E-state index contributed by atoms with van der Waals surface area (Å²) >= 11 is 1.52. The van der Waals surface area contributed by atoms with E-state index in [0.29, 0.717) is 5.92 Å². The molecule has 1 aliphatic rings. The Morgan fingerprint density at radius 3 is 2.76 bits per heavy atom. The average molecular weight is 304 g/mol. The fourth-order valence-corrected chi connectivity index (χ4v) is 3.92. The van der Waals surface area contributed by atoms with Crippen molar-refractivity contribution in [3.8, 4) is 0 Å². The van der Waals surface area contributed by atoms with Crippen LogP contribution in [0.5, 0.6) is 0 Å². The number of thiophene rings is 1. The van der Waals surface area contributed by atoms with Gasteiger partial charge >= 0.3 is 0 Å². The summed E-state index contributed by atoms with van der Waals surface area (Å²) in [5.41, 5.74) is 6.50. The maximum Gasteiger partial charge on any atom is 0.263 e. The highest BCUT2D eigenvalue weighted by Gasteiger charge is 2.26. The number of carbonyl (C=O) groups is 1. The number of nitrogen functional groups attached to an aromatic ring is 1. The molecule has 1 aliphatic heterocycles. The SMILES string of the molecule is CC(O)C1CCN(C(=O)c2cc3cc(N)ccc3s2)CC1. The van der Waals surface area contributed by atoms with Crippen molar-refractivity contribution in [3.05, 3.63) is 29.1 Å². The van der Waals surface area contributed by atoms with E-state index in [1.165, 1.54) is 11.3 Å². The molecular weight excluding hydrogens is 284 g/mol. The number of rotatable bonds is 2. The molecule has 0 saturated carbocycles. The highest BCUT2D eigenvalue weighted by atomic mass is 32.1. The number of nitrogens with zero attached hydrogens (tertiary/aromatic N) is 1. The number of likely N-dealkylation sites (tertiary alicyclic amines) is 1.